The molecule has 1 saturated carbocycles. The Labute approximate surface area is 121 Å². The molecule has 3 heteroatoms. The first-order chi connectivity index (χ1) is 9.24. The highest BCUT2D eigenvalue weighted by molar-refractivity contribution is 9.10. The normalized spacial score (nSPS) is 16.3. The lowest BCUT2D eigenvalue weighted by molar-refractivity contribution is 0.176. The lowest BCUT2D eigenvalue weighted by Crippen LogP contribution is -2.06. The Balaban J connectivity index is 1.80. The van der Waals surface area contributed by atoms with E-state index in [1.165, 1.54) is 18.4 Å². The van der Waals surface area contributed by atoms with Crippen molar-refractivity contribution in [2.75, 3.05) is 0 Å². The van der Waals surface area contributed by atoms with Crippen molar-refractivity contribution in [2.24, 2.45) is 0 Å². The number of hydrogen-bond donors (Lipinski definition) is 1. The molecule has 0 radical (unpaired) electrons. The first kappa shape index (κ1) is 12.8. The Morgan fingerprint density at radius 3 is 2.68 bits per heavy atom. The number of aliphatic hydroxyl groups is 1. The third kappa shape index (κ3) is 3.04. The number of rotatable bonds is 4. The number of pyridine rings is 1. The summed E-state index contributed by atoms with van der Waals surface area (Å²) >= 11 is 3.37. The van der Waals surface area contributed by atoms with Gasteiger partial charge in [-0.15, -0.1) is 0 Å². The Morgan fingerprint density at radius 1 is 1.21 bits per heavy atom. The minimum absolute atomic E-state index is 0.467. The van der Waals surface area contributed by atoms with Crippen LogP contribution >= 0.6 is 15.9 Å². The second kappa shape index (κ2) is 5.43. The summed E-state index contributed by atoms with van der Waals surface area (Å²) in [4.78, 5) is 4.33. The van der Waals surface area contributed by atoms with E-state index < -0.39 is 6.10 Å². The zero-order chi connectivity index (χ0) is 13.2. The zero-order valence-electron chi connectivity index (χ0n) is 10.6. The van der Waals surface area contributed by atoms with E-state index in [2.05, 4.69) is 33.0 Å². The van der Waals surface area contributed by atoms with Gasteiger partial charge in [0.25, 0.3) is 0 Å². The summed E-state index contributed by atoms with van der Waals surface area (Å²) in [6, 6.07) is 12.2. The van der Waals surface area contributed by atoms with E-state index in [1.807, 2.05) is 24.3 Å². The second-order valence-electron chi connectivity index (χ2n) is 5.09. The van der Waals surface area contributed by atoms with Gasteiger partial charge in [0.1, 0.15) is 0 Å². The largest absolute Gasteiger partial charge is 0.388 e. The molecule has 0 aliphatic heterocycles. The van der Waals surface area contributed by atoms with E-state index in [4.69, 9.17) is 0 Å². The van der Waals surface area contributed by atoms with Gasteiger partial charge in [-0.25, -0.2) is 0 Å². The van der Waals surface area contributed by atoms with E-state index in [-0.39, 0.29) is 0 Å². The molecule has 3 rings (SSSR count). The van der Waals surface area contributed by atoms with Crippen molar-refractivity contribution in [1.29, 1.82) is 0 Å². The van der Waals surface area contributed by atoms with Gasteiger partial charge in [0.2, 0.25) is 0 Å². The molecule has 1 aliphatic carbocycles. The summed E-state index contributed by atoms with van der Waals surface area (Å²) in [6.45, 7) is 0. The molecule has 0 amide bonds. The van der Waals surface area contributed by atoms with Crippen LogP contribution in [0.2, 0.25) is 0 Å². The van der Waals surface area contributed by atoms with E-state index >= 15 is 0 Å². The van der Waals surface area contributed by atoms with Gasteiger partial charge in [-0.2, -0.15) is 0 Å². The van der Waals surface area contributed by atoms with Crippen LogP contribution in [0.1, 0.15) is 41.7 Å². The fourth-order valence-electron chi connectivity index (χ4n) is 2.42. The Kier molecular flexibility index (Phi) is 3.67. The van der Waals surface area contributed by atoms with Crippen LogP contribution in [0, 0.1) is 0 Å². The van der Waals surface area contributed by atoms with Crippen molar-refractivity contribution in [3.8, 4) is 0 Å². The van der Waals surface area contributed by atoms with Crippen LogP contribution in [0.15, 0.2) is 47.1 Å². The molecule has 1 aromatic heterocycles. The van der Waals surface area contributed by atoms with Crippen molar-refractivity contribution in [1.82, 2.24) is 4.98 Å². The molecule has 19 heavy (non-hydrogen) atoms. The van der Waals surface area contributed by atoms with E-state index in [0.29, 0.717) is 12.3 Å². The van der Waals surface area contributed by atoms with E-state index in [9.17, 15) is 5.11 Å². The molecule has 1 atom stereocenters. The van der Waals surface area contributed by atoms with Crippen LogP contribution in [0.4, 0.5) is 0 Å². The third-order valence-electron chi connectivity index (χ3n) is 3.56. The summed E-state index contributed by atoms with van der Waals surface area (Å²) in [5, 5.41) is 10.4. The Hall–Kier alpha value is -1.19. The van der Waals surface area contributed by atoms with Crippen LogP contribution in [0.25, 0.3) is 0 Å². The van der Waals surface area contributed by atoms with Crippen LogP contribution in [-0.4, -0.2) is 10.1 Å². The highest BCUT2D eigenvalue weighted by Gasteiger charge is 2.27. The van der Waals surface area contributed by atoms with Crippen molar-refractivity contribution in [2.45, 2.75) is 31.3 Å². The van der Waals surface area contributed by atoms with Crippen molar-refractivity contribution < 1.29 is 5.11 Å². The Bertz CT molecular complexity index is 563. The average Bonchev–Trinajstić information content (AvgIpc) is 3.26. The Morgan fingerprint density at radius 2 is 2.00 bits per heavy atom. The lowest BCUT2D eigenvalue weighted by Gasteiger charge is -2.15. The quantitative estimate of drug-likeness (QED) is 0.924. The molecule has 0 bridgehead atoms. The highest BCUT2D eigenvalue weighted by Crippen LogP contribution is 2.43. The van der Waals surface area contributed by atoms with Crippen LogP contribution in [-0.2, 0) is 6.42 Å². The minimum atomic E-state index is -0.467. The number of hydrogen-bond acceptors (Lipinski definition) is 2. The van der Waals surface area contributed by atoms with E-state index in [1.54, 1.807) is 6.20 Å². The molecule has 1 N–H and O–H groups in total. The van der Waals surface area contributed by atoms with Crippen molar-refractivity contribution in [3.05, 3.63) is 63.9 Å². The van der Waals surface area contributed by atoms with Gasteiger partial charge in [0.05, 0.1) is 6.10 Å². The van der Waals surface area contributed by atoms with Crippen LogP contribution in [0.5, 0.6) is 0 Å². The maximum Gasteiger partial charge on any atom is 0.0848 e. The second-order valence-corrected chi connectivity index (χ2v) is 6.01. The standard InChI is InChI=1S/C16H16BrNO/c17-12-7-8-13(18-10-12)9-16(19)15-4-2-1-3-14(15)11-5-6-11/h1-4,7-8,10-11,16,19H,5-6,9H2. The molecular formula is C16H16BrNO. The first-order valence-electron chi connectivity index (χ1n) is 6.61. The molecule has 1 unspecified atom stereocenters. The lowest BCUT2D eigenvalue weighted by atomic mass is 9.96. The van der Waals surface area contributed by atoms with Gasteiger partial charge in [-0.3, -0.25) is 4.98 Å². The number of halogens is 1. The summed E-state index contributed by atoms with van der Waals surface area (Å²) in [5.74, 6) is 0.656. The predicted octanol–water partition coefficient (Wildman–Crippen LogP) is 4.00. The molecule has 2 nitrogen and oxygen atoms in total. The maximum absolute atomic E-state index is 10.4. The first-order valence-corrected chi connectivity index (χ1v) is 7.40. The van der Waals surface area contributed by atoms with Crippen molar-refractivity contribution >= 4 is 15.9 Å². The molecular weight excluding hydrogens is 302 g/mol. The van der Waals surface area contributed by atoms with Crippen LogP contribution < -0.4 is 0 Å². The summed E-state index contributed by atoms with van der Waals surface area (Å²) in [5.41, 5.74) is 3.29. The maximum atomic E-state index is 10.4. The topological polar surface area (TPSA) is 33.1 Å². The molecule has 1 aromatic carbocycles. The summed E-state index contributed by atoms with van der Waals surface area (Å²) in [7, 11) is 0. The number of nitrogens with zero attached hydrogens (tertiary/aromatic N) is 1. The number of aliphatic hydroxyl groups excluding tert-OH is 1. The SMILES string of the molecule is OC(Cc1ccc(Br)cn1)c1ccccc1C1CC1. The van der Waals surface area contributed by atoms with Gasteiger partial charge < -0.3 is 5.11 Å². The van der Waals surface area contributed by atoms with Gasteiger partial charge in [-0.1, -0.05) is 24.3 Å². The smallest absolute Gasteiger partial charge is 0.0848 e. The van der Waals surface area contributed by atoms with Gasteiger partial charge >= 0.3 is 0 Å². The molecule has 0 saturated heterocycles. The average molecular weight is 318 g/mol. The predicted molar refractivity (Wildman–Crippen MR) is 79.0 cm³/mol. The molecule has 1 fully saturated rings. The molecule has 98 valence electrons. The summed E-state index contributed by atoms with van der Waals surface area (Å²) in [6.07, 6.45) is 4.37. The molecule has 1 aliphatic rings. The van der Waals surface area contributed by atoms with Gasteiger partial charge in [0, 0.05) is 22.8 Å². The fraction of sp³-hybridized carbons (Fsp3) is 0.312. The highest BCUT2D eigenvalue weighted by atomic mass is 79.9. The zero-order valence-corrected chi connectivity index (χ0v) is 12.2. The van der Waals surface area contributed by atoms with Gasteiger partial charge in [0.15, 0.2) is 0 Å². The monoisotopic (exact) mass is 317 g/mol. The third-order valence-corrected chi connectivity index (χ3v) is 4.03. The minimum Gasteiger partial charge on any atom is -0.388 e. The van der Waals surface area contributed by atoms with Crippen LogP contribution in [0.3, 0.4) is 0 Å². The van der Waals surface area contributed by atoms with Crippen molar-refractivity contribution in [3.63, 3.8) is 0 Å². The molecule has 0 spiro atoms. The van der Waals surface area contributed by atoms with Gasteiger partial charge in [-0.05, 0) is 57.9 Å². The molecule has 1 heterocycles. The molecule has 2 aromatic rings. The number of benzene rings is 1. The van der Waals surface area contributed by atoms with E-state index in [0.717, 1.165) is 15.7 Å². The fourth-order valence-corrected chi connectivity index (χ4v) is 2.65. The number of aromatic nitrogens is 1. The summed E-state index contributed by atoms with van der Waals surface area (Å²) < 4.78 is 0.962.